The van der Waals surface area contributed by atoms with E-state index in [2.05, 4.69) is 10.1 Å². The molecule has 0 unspecified atom stereocenters. The van der Waals surface area contributed by atoms with Crippen LogP contribution in [0.5, 0.6) is 5.75 Å². The minimum Gasteiger partial charge on any atom is -0.496 e. The van der Waals surface area contributed by atoms with Crippen LogP contribution in [0.1, 0.15) is 26.6 Å². The summed E-state index contributed by atoms with van der Waals surface area (Å²) in [7, 11) is 1.50. The van der Waals surface area contributed by atoms with Gasteiger partial charge in [-0.05, 0) is 48.5 Å². The monoisotopic (exact) mass is 531 g/mol. The van der Waals surface area contributed by atoms with Gasteiger partial charge >= 0.3 is 0 Å². The highest BCUT2D eigenvalue weighted by molar-refractivity contribution is 7.16. The Labute approximate surface area is 221 Å². The Morgan fingerprint density at radius 2 is 1.89 bits per heavy atom. The van der Waals surface area contributed by atoms with Crippen molar-refractivity contribution in [3.8, 4) is 17.0 Å². The van der Waals surface area contributed by atoms with Crippen LogP contribution in [0.2, 0.25) is 4.34 Å². The molecule has 186 valence electrons. The molecule has 0 spiro atoms. The summed E-state index contributed by atoms with van der Waals surface area (Å²) in [6.07, 6.45) is 3.67. The summed E-state index contributed by atoms with van der Waals surface area (Å²) >= 11 is 7.53. The fraction of sp³-hybridized carbons (Fsp3) is 0.111. The maximum absolute atomic E-state index is 13.7. The van der Waals surface area contributed by atoms with Gasteiger partial charge in [0.1, 0.15) is 11.4 Å². The third kappa shape index (κ3) is 4.91. The number of halogens is 1. The first-order valence-electron chi connectivity index (χ1n) is 11.3. The van der Waals surface area contributed by atoms with Crippen LogP contribution in [-0.4, -0.2) is 32.3 Å². The molecule has 0 atom stereocenters. The normalized spacial score (nSPS) is 11.0. The van der Waals surface area contributed by atoms with Gasteiger partial charge in [0.25, 0.3) is 11.5 Å². The summed E-state index contributed by atoms with van der Waals surface area (Å²) in [6, 6.07) is 19.5. The second kappa shape index (κ2) is 10.4. The van der Waals surface area contributed by atoms with Crippen LogP contribution >= 0.6 is 22.9 Å². The Morgan fingerprint density at radius 1 is 1.08 bits per heavy atom. The van der Waals surface area contributed by atoms with Crippen LogP contribution in [0.15, 0.2) is 83.9 Å². The van der Waals surface area contributed by atoms with Crippen molar-refractivity contribution in [1.82, 2.24) is 19.3 Å². The van der Waals surface area contributed by atoms with Crippen LogP contribution in [0.25, 0.3) is 11.3 Å². The number of anilines is 1. The molecule has 0 bridgehead atoms. The number of thiophene rings is 1. The van der Waals surface area contributed by atoms with Gasteiger partial charge in [0.15, 0.2) is 0 Å². The highest BCUT2D eigenvalue weighted by Gasteiger charge is 2.26. The molecule has 0 aliphatic carbocycles. The van der Waals surface area contributed by atoms with Gasteiger partial charge in [-0.15, -0.1) is 11.3 Å². The number of carbonyl (C=O) groups excluding carboxylic acids is 1. The molecular weight excluding hydrogens is 510 g/mol. The van der Waals surface area contributed by atoms with E-state index in [1.165, 1.54) is 27.7 Å². The van der Waals surface area contributed by atoms with Gasteiger partial charge in [0.2, 0.25) is 0 Å². The van der Waals surface area contributed by atoms with Crippen molar-refractivity contribution in [2.45, 2.75) is 13.0 Å². The van der Waals surface area contributed by atoms with E-state index in [1.54, 1.807) is 54.9 Å². The zero-order chi connectivity index (χ0) is 25.9. The van der Waals surface area contributed by atoms with E-state index in [0.717, 1.165) is 10.6 Å². The predicted octanol–water partition coefficient (Wildman–Crippen LogP) is 4.74. The molecule has 5 rings (SSSR count). The first kappa shape index (κ1) is 24.5. The standard InChI is InChI=1S/C27H22ClN5O3S/c1-36-22-10-3-2-8-19(22)27(35)33-21(15-18-11-12-23(28)37-18)24(29)25(31-33)20-9-6-14-32(26(20)34)16-17-7-4-5-13-30-17/h2-14H,15-16,29H2,1H3. The molecule has 4 heterocycles. The Hall–Kier alpha value is -4.21. The second-order valence-electron chi connectivity index (χ2n) is 8.18. The number of nitrogens with zero attached hydrogens (tertiary/aromatic N) is 4. The smallest absolute Gasteiger partial charge is 0.282 e. The van der Waals surface area contributed by atoms with Crippen molar-refractivity contribution in [2.24, 2.45) is 0 Å². The van der Waals surface area contributed by atoms with E-state index in [-0.39, 0.29) is 29.0 Å². The molecule has 0 saturated heterocycles. The molecule has 0 radical (unpaired) electrons. The highest BCUT2D eigenvalue weighted by atomic mass is 35.5. The van der Waals surface area contributed by atoms with Gasteiger partial charge in [-0.1, -0.05) is 29.8 Å². The van der Waals surface area contributed by atoms with Crippen molar-refractivity contribution >= 4 is 34.5 Å². The third-order valence-electron chi connectivity index (χ3n) is 5.86. The highest BCUT2D eigenvalue weighted by Crippen LogP contribution is 2.32. The molecule has 37 heavy (non-hydrogen) atoms. The Kier molecular flexibility index (Phi) is 6.89. The van der Waals surface area contributed by atoms with Gasteiger partial charge < -0.3 is 15.0 Å². The molecule has 1 aromatic carbocycles. The number of carbonyl (C=O) groups is 1. The number of pyridine rings is 2. The van der Waals surface area contributed by atoms with Gasteiger partial charge in [-0.3, -0.25) is 14.6 Å². The lowest BCUT2D eigenvalue weighted by Crippen LogP contribution is -2.22. The summed E-state index contributed by atoms with van der Waals surface area (Å²) < 4.78 is 8.81. The van der Waals surface area contributed by atoms with E-state index in [1.807, 2.05) is 24.3 Å². The first-order valence-corrected chi connectivity index (χ1v) is 12.5. The van der Waals surface area contributed by atoms with Crippen LogP contribution in [-0.2, 0) is 13.0 Å². The van der Waals surface area contributed by atoms with Gasteiger partial charge in [0, 0.05) is 23.7 Å². The molecule has 0 fully saturated rings. The van der Waals surface area contributed by atoms with Crippen molar-refractivity contribution in [3.63, 3.8) is 0 Å². The number of hydrogen-bond acceptors (Lipinski definition) is 7. The summed E-state index contributed by atoms with van der Waals surface area (Å²) in [4.78, 5) is 32.3. The Bertz CT molecular complexity index is 1640. The van der Waals surface area contributed by atoms with E-state index in [4.69, 9.17) is 22.1 Å². The zero-order valence-electron chi connectivity index (χ0n) is 19.8. The number of methoxy groups -OCH3 is 1. The minimum atomic E-state index is -0.419. The summed E-state index contributed by atoms with van der Waals surface area (Å²) in [5.41, 5.74) is 8.60. The molecule has 0 aliphatic rings. The van der Waals surface area contributed by atoms with Crippen molar-refractivity contribution in [3.05, 3.63) is 116 Å². The van der Waals surface area contributed by atoms with Crippen LogP contribution in [0, 0.1) is 0 Å². The second-order valence-corrected chi connectivity index (χ2v) is 9.98. The predicted molar refractivity (Wildman–Crippen MR) is 145 cm³/mol. The molecule has 0 aliphatic heterocycles. The maximum atomic E-state index is 13.7. The van der Waals surface area contributed by atoms with Crippen LogP contribution in [0.3, 0.4) is 0 Å². The number of aromatic nitrogens is 4. The van der Waals surface area contributed by atoms with Crippen molar-refractivity contribution < 1.29 is 9.53 Å². The van der Waals surface area contributed by atoms with E-state index >= 15 is 0 Å². The van der Waals surface area contributed by atoms with Gasteiger partial charge in [-0.2, -0.15) is 9.78 Å². The van der Waals surface area contributed by atoms with Crippen molar-refractivity contribution in [2.75, 3.05) is 12.8 Å². The molecule has 0 saturated carbocycles. The lowest BCUT2D eigenvalue weighted by molar-refractivity contribution is 0.0939. The number of nitrogens with two attached hydrogens (primary N) is 1. The number of nitrogen functional groups attached to an aromatic ring is 1. The largest absolute Gasteiger partial charge is 0.496 e. The average Bonchev–Trinajstić information content (AvgIpc) is 3.48. The van der Waals surface area contributed by atoms with Crippen LogP contribution < -0.4 is 16.0 Å². The van der Waals surface area contributed by atoms with E-state index < -0.39 is 5.91 Å². The number of benzene rings is 1. The van der Waals surface area contributed by atoms with Gasteiger partial charge in [-0.25, -0.2) is 0 Å². The quantitative estimate of drug-likeness (QED) is 0.325. The van der Waals surface area contributed by atoms with Crippen molar-refractivity contribution in [1.29, 1.82) is 0 Å². The number of hydrogen-bond donors (Lipinski definition) is 1. The maximum Gasteiger partial charge on any atom is 0.282 e. The molecule has 4 aromatic heterocycles. The molecule has 8 nitrogen and oxygen atoms in total. The van der Waals surface area contributed by atoms with Gasteiger partial charge in [0.05, 0.1) is 46.2 Å². The molecule has 5 aromatic rings. The molecule has 0 amide bonds. The molecular formula is C27H22ClN5O3S. The zero-order valence-corrected chi connectivity index (χ0v) is 21.4. The Balaban J connectivity index is 1.63. The average molecular weight is 532 g/mol. The third-order valence-corrected chi connectivity index (χ3v) is 7.09. The SMILES string of the molecule is COc1ccccc1C(=O)n1nc(-c2cccn(Cc3ccccn3)c2=O)c(N)c1Cc1ccc(Cl)s1. The molecule has 2 N–H and O–H groups in total. The number of rotatable bonds is 7. The number of para-hydroxylation sites is 1. The van der Waals surface area contributed by atoms with Crippen LogP contribution in [0.4, 0.5) is 5.69 Å². The lowest BCUT2D eigenvalue weighted by atomic mass is 10.1. The number of ether oxygens (including phenoxy) is 1. The topological polar surface area (TPSA) is 105 Å². The summed E-state index contributed by atoms with van der Waals surface area (Å²) in [6.45, 7) is 0.287. The fourth-order valence-electron chi connectivity index (χ4n) is 4.06. The van der Waals surface area contributed by atoms with E-state index in [0.29, 0.717) is 27.8 Å². The molecule has 10 heteroatoms. The van der Waals surface area contributed by atoms with E-state index in [9.17, 15) is 9.59 Å². The Morgan fingerprint density at radius 3 is 2.62 bits per heavy atom. The minimum absolute atomic E-state index is 0.237. The fourth-order valence-corrected chi connectivity index (χ4v) is 5.15. The summed E-state index contributed by atoms with van der Waals surface area (Å²) in [5, 5.41) is 4.57. The lowest BCUT2D eigenvalue weighted by Gasteiger charge is -2.09. The first-order chi connectivity index (χ1) is 18.0. The summed E-state index contributed by atoms with van der Waals surface area (Å²) in [5.74, 6) is -0.0107.